The van der Waals surface area contributed by atoms with Crippen LogP contribution in [0.5, 0.6) is 0 Å². The molecular weight excluding hydrogens is 306 g/mol. The summed E-state index contributed by atoms with van der Waals surface area (Å²) in [4.78, 5) is 0. The van der Waals surface area contributed by atoms with Crippen molar-refractivity contribution in [2.24, 2.45) is 0 Å². The molecule has 0 saturated heterocycles. The molecule has 0 aromatic carbocycles. The predicted octanol–water partition coefficient (Wildman–Crippen LogP) is 7.99. The quantitative estimate of drug-likeness (QED) is 0.208. The lowest BCUT2D eigenvalue weighted by molar-refractivity contribution is 0.106. The largest absolute Gasteiger partial charge is 0.785 e. The molecular formula is C23H46NO-. The highest BCUT2D eigenvalue weighted by molar-refractivity contribution is 4.91. The van der Waals surface area contributed by atoms with Crippen molar-refractivity contribution in [3.63, 3.8) is 0 Å². The van der Waals surface area contributed by atoms with Gasteiger partial charge in [-0.25, -0.2) is 0 Å². The Labute approximate surface area is 158 Å². The Morgan fingerprint density at radius 2 is 1.04 bits per heavy atom. The van der Waals surface area contributed by atoms with Crippen molar-refractivity contribution in [2.45, 2.75) is 141 Å². The van der Waals surface area contributed by atoms with Gasteiger partial charge in [-0.05, 0) is 26.3 Å². The van der Waals surface area contributed by atoms with Crippen LogP contribution in [0.3, 0.4) is 0 Å². The van der Waals surface area contributed by atoms with E-state index >= 15 is 0 Å². The lowest BCUT2D eigenvalue weighted by Gasteiger charge is -2.49. The highest BCUT2D eigenvalue weighted by Crippen LogP contribution is 2.36. The minimum atomic E-state index is -0.00458. The van der Waals surface area contributed by atoms with Crippen LogP contribution in [0, 0.1) is 5.21 Å². The molecule has 2 nitrogen and oxygen atoms in total. The van der Waals surface area contributed by atoms with Gasteiger partial charge in [0.1, 0.15) is 0 Å². The third-order valence-corrected chi connectivity index (χ3v) is 6.45. The van der Waals surface area contributed by atoms with E-state index in [0.717, 1.165) is 19.3 Å². The molecule has 1 aliphatic carbocycles. The van der Waals surface area contributed by atoms with Gasteiger partial charge in [-0.2, -0.15) is 0 Å². The maximum Gasteiger partial charge on any atom is 0.00884 e. The van der Waals surface area contributed by atoms with Crippen molar-refractivity contribution in [1.82, 2.24) is 5.06 Å². The second kappa shape index (κ2) is 15.0. The van der Waals surface area contributed by atoms with Crippen LogP contribution >= 0.6 is 0 Å². The van der Waals surface area contributed by atoms with Crippen LogP contribution in [0.2, 0.25) is 0 Å². The van der Waals surface area contributed by atoms with E-state index in [9.17, 15) is 5.21 Å². The van der Waals surface area contributed by atoms with Crippen LogP contribution in [0.15, 0.2) is 0 Å². The SMILES string of the molecule is CCCCCCCCCCCCCCCCC1(N(C)[O-])CCCCC1. The van der Waals surface area contributed by atoms with Gasteiger partial charge in [0.15, 0.2) is 0 Å². The van der Waals surface area contributed by atoms with E-state index in [1.54, 1.807) is 7.05 Å². The first-order valence-corrected chi connectivity index (χ1v) is 11.6. The summed E-state index contributed by atoms with van der Waals surface area (Å²) in [5, 5.41) is 13.3. The first-order valence-electron chi connectivity index (χ1n) is 11.6. The Morgan fingerprint density at radius 1 is 0.640 bits per heavy atom. The van der Waals surface area contributed by atoms with Crippen molar-refractivity contribution in [3.8, 4) is 0 Å². The van der Waals surface area contributed by atoms with Crippen LogP contribution in [0.1, 0.15) is 135 Å². The van der Waals surface area contributed by atoms with E-state index in [1.165, 1.54) is 114 Å². The lowest BCUT2D eigenvalue weighted by atomic mass is 9.78. The monoisotopic (exact) mass is 352 g/mol. The average molecular weight is 353 g/mol. The summed E-state index contributed by atoms with van der Waals surface area (Å²) in [6, 6.07) is 0. The second-order valence-corrected chi connectivity index (χ2v) is 8.63. The first kappa shape index (κ1) is 23.0. The highest BCUT2D eigenvalue weighted by atomic mass is 16.5. The van der Waals surface area contributed by atoms with Crippen LogP contribution in [0.25, 0.3) is 0 Å². The zero-order valence-corrected chi connectivity index (χ0v) is 17.5. The molecule has 0 aromatic rings. The maximum absolute atomic E-state index is 12.0. The fraction of sp³-hybridized carbons (Fsp3) is 1.00. The van der Waals surface area contributed by atoms with Crippen LogP contribution in [0.4, 0.5) is 0 Å². The minimum absolute atomic E-state index is 0.00458. The van der Waals surface area contributed by atoms with Crippen molar-refractivity contribution >= 4 is 0 Å². The van der Waals surface area contributed by atoms with Crippen molar-refractivity contribution in [1.29, 1.82) is 0 Å². The van der Waals surface area contributed by atoms with Crippen LogP contribution in [-0.4, -0.2) is 17.6 Å². The van der Waals surface area contributed by atoms with E-state index in [1.807, 2.05) is 0 Å². The van der Waals surface area contributed by atoms with Crippen LogP contribution in [-0.2, 0) is 0 Å². The molecule has 25 heavy (non-hydrogen) atoms. The normalized spacial score (nSPS) is 17.3. The van der Waals surface area contributed by atoms with Crippen molar-refractivity contribution in [2.75, 3.05) is 7.05 Å². The van der Waals surface area contributed by atoms with Gasteiger partial charge in [-0.1, -0.05) is 116 Å². The van der Waals surface area contributed by atoms with E-state index in [2.05, 4.69) is 6.92 Å². The third kappa shape index (κ3) is 10.6. The number of hydrogen-bond acceptors (Lipinski definition) is 2. The number of nitrogens with zero attached hydrogens (tertiary/aromatic N) is 1. The van der Waals surface area contributed by atoms with E-state index in [4.69, 9.17) is 0 Å². The number of hydrogen-bond donors (Lipinski definition) is 0. The molecule has 150 valence electrons. The zero-order chi connectivity index (χ0) is 18.2. The Balaban J connectivity index is 1.87. The Morgan fingerprint density at radius 3 is 1.44 bits per heavy atom. The molecule has 2 heteroatoms. The fourth-order valence-corrected chi connectivity index (χ4v) is 4.58. The Kier molecular flexibility index (Phi) is 13.8. The summed E-state index contributed by atoms with van der Waals surface area (Å²) in [6.45, 7) is 2.29. The molecule has 0 amide bonds. The summed E-state index contributed by atoms with van der Waals surface area (Å²) in [5.41, 5.74) is -0.00458. The highest BCUT2D eigenvalue weighted by Gasteiger charge is 2.30. The summed E-state index contributed by atoms with van der Waals surface area (Å²) in [5.74, 6) is 0. The topological polar surface area (TPSA) is 26.3 Å². The van der Waals surface area contributed by atoms with Gasteiger partial charge in [0.25, 0.3) is 0 Å². The smallest absolute Gasteiger partial charge is 0.00884 e. The summed E-state index contributed by atoms with van der Waals surface area (Å²) in [6.07, 6.45) is 26.9. The molecule has 0 spiro atoms. The van der Waals surface area contributed by atoms with Crippen molar-refractivity contribution in [3.05, 3.63) is 5.21 Å². The van der Waals surface area contributed by atoms with E-state index in [-0.39, 0.29) is 5.54 Å². The molecule has 0 aromatic heterocycles. The average Bonchev–Trinajstić information content (AvgIpc) is 2.62. The van der Waals surface area contributed by atoms with Gasteiger partial charge >= 0.3 is 0 Å². The molecule has 1 aliphatic rings. The van der Waals surface area contributed by atoms with Gasteiger partial charge in [-0.15, -0.1) is 0 Å². The Hall–Kier alpha value is -0.0800. The molecule has 0 radical (unpaired) electrons. The van der Waals surface area contributed by atoms with E-state index in [0.29, 0.717) is 0 Å². The summed E-state index contributed by atoms with van der Waals surface area (Å²) < 4.78 is 0. The lowest BCUT2D eigenvalue weighted by Crippen LogP contribution is -2.44. The number of rotatable bonds is 16. The maximum atomic E-state index is 12.0. The molecule has 0 atom stereocenters. The number of unbranched alkanes of at least 4 members (excludes halogenated alkanes) is 13. The fourth-order valence-electron chi connectivity index (χ4n) is 4.58. The summed E-state index contributed by atoms with van der Waals surface area (Å²) in [7, 11) is 1.76. The molecule has 0 N–H and O–H groups in total. The molecule has 0 heterocycles. The molecule has 0 unspecified atom stereocenters. The standard InChI is InChI=1S/C23H46NO/c1-3-4-5-6-7-8-9-10-11-12-13-14-15-17-20-23(24(2)25)21-18-16-19-22-23/h3-22H2,1-2H3/q-1. The second-order valence-electron chi connectivity index (χ2n) is 8.63. The molecule has 1 saturated carbocycles. The van der Waals surface area contributed by atoms with Crippen LogP contribution < -0.4 is 0 Å². The van der Waals surface area contributed by atoms with Gasteiger partial charge in [0.2, 0.25) is 0 Å². The third-order valence-electron chi connectivity index (χ3n) is 6.45. The van der Waals surface area contributed by atoms with Gasteiger partial charge in [0.05, 0.1) is 0 Å². The molecule has 1 rings (SSSR count). The molecule has 0 aliphatic heterocycles. The van der Waals surface area contributed by atoms with Gasteiger partial charge in [-0.3, -0.25) is 0 Å². The summed E-state index contributed by atoms with van der Waals surface area (Å²) >= 11 is 0. The van der Waals surface area contributed by atoms with Gasteiger partial charge in [0, 0.05) is 5.54 Å². The Bertz CT molecular complexity index is 284. The van der Waals surface area contributed by atoms with Gasteiger partial charge < -0.3 is 10.3 Å². The molecule has 1 fully saturated rings. The molecule has 0 bridgehead atoms. The first-order chi connectivity index (χ1) is 12.2. The predicted molar refractivity (Wildman–Crippen MR) is 112 cm³/mol. The van der Waals surface area contributed by atoms with Crippen molar-refractivity contribution < 1.29 is 0 Å². The number of hydroxylamine groups is 2. The van der Waals surface area contributed by atoms with E-state index < -0.39 is 0 Å². The minimum Gasteiger partial charge on any atom is -0.785 e. The zero-order valence-electron chi connectivity index (χ0n) is 17.5.